The normalized spacial score (nSPS) is 17.5. The first-order valence-corrected chi connectivity index (χ1v) is 10.4. The first-order chi connectivity index (χ1) is 14.7. The molecule has 2 heterocycles. The molecule has 7 nitrogen and oxygen atoms in total. The maximum Gasteiger partial charge on any atom is 0.267 e. The van der Waals surface area contributed by atoms with Crippen LogP contribution in [-0.4, -0.2) is 56.1 Å². The summed E-state index contributed by atoms with van der Waals surface area (Å²) in [7, 11) is 0. The fraction of sp³-hybridized carbons (Fsp3) is 0.391. The van der Waals surface area contributed by atoms with Crippen LogP contribution in [0.25, 0.3) is 0 Å². The number of para-hydroxylation sites is 1. The number of aryl methyl sites for hydroxylation is 1. The first kappa shape index (κ1) is 20.4. The molecular formula is C23H28N4O3. The molecule has 0 aliphatic carbocycles. The average molecular weight is 409 g/mol. The van der Waals surface area contributed by atoms with Gasteiger partial charge in [0.2, 0.25) is 0 Å². The van der Waals surface area contributed by atoms with Crippen molar-refractivity contribution in [1.82, 2.24) is 4.90 Å². The lowest BCUT2D eigenvalue weighted by molar-refractivity contribution is -0.123. The Bertz CT molecular complexity index is 909. The molecule has 2 aromatic carbocycles. The molecule has 30 heavy (non-hydrogen) atoms. The molecule has 0 spiro atoms. The molecule has 1 fully saturated rings. The zero-order valence-corrected chi connectivity index (χ0v) is 17.1. The van der Waals surface area contributed by atoms with Crippen LogP contribution in [0, 0.1) is 0 Å². The van der Waals surface area contributed by atoms with Crippen molar-refractivity contribution in [1.29, 1.82) is 0 Å². The van der Waals surface area contributed by atoms with Crippen LogP contribution in [0.1, 0.15) is 23.1 Å². The monoisotopic (exact) mass is 408 g/mol. The van der Waals surface area contributed by atoms with E-state index >= 15 is 0 Å². The van der Waals surface area contributed by atoms with E-state index < -0.39 is 0 Å². The number of amides is 1. The third-order valence-electron chi connectivity index (χ3n) is 5.49. The zero-order valence-electron chi connectivity index (χ0n) is 17.1. The number of fused-ring (bicyclic) bond motifs is 1. The number of carbonyl (C=O) groups excluding carboxylic acids is 1. The summed E-state index contributed by atoms with van der Waals surface area (Å²) in [5.74, 6) is 0.158. The molecule has 0 bridgehead atoms. The second kappa shape index (κ2) is 9.73. The highest BCUT2D eigenvalue weighted by Gasteiger charge is 2.22. The summed E-state index contributed by atoms with van der Waals surface area (Å²) in [5.41, 5.74) is 10.2. The standard InChI is InChI=1S/C23H28N4O3/c24-23(20-7-3-5-18(15-20)16-26-11-13-29-14-12-26)25-30-17-22(28)27-10-4-8-19-6-1-2-9-21(19)27/h1-3,5-7,9,15H,4,8,10-14,16-17H2,(H2,24,25). The van der Waals surface area contributed by atoms with Crippen LogP contribution in [-0.2, 0) is 27.3 Å². The fourth-order valence-corrected chi connectivity index (χ4v) is 3.93. The number of ether oxygens (including phenoxy) is 1. The van der Waals surface area contributed by atoms with Crippen molar-refractivity contribution in [3.8, 4) is 0 Å². The highest BCUT2D eigenvalue weighted by molar-refractivity contribution is 5.98. The lowest BCUT2D eigenvalue weighted by atomic mass is 10.0. The number of rotatable bonds is 6. The molecule has 2 N–H and O–H groups in total. The van der Waals surface area contributed by atoms with Crippen LogP contribution in [0.5, 0.6) is 0 Å². The molecule has 2 aliphatic rings. The molecule has 0 radical (unpaired) electrons. The number of anilines is 1. The summed E-state index contributed by atoms with van der Waals surface area (Å²) >= 11 is 0. The molecule has 2 aromatic rings. The second-order valence-electron chi connectivity index (χ2n) is 7.62. The number of oxime groups is 1. The Hall–Kier alpha value is -2.90. The van der Waals surface area contributed by atoms with E-state index in [4.69, 9.17) is 15.3 Å². The number of nitrogens with zero attached hydrogens (tertiary/aromatic N) is 3. The van der Waals surface area contributed by atoms with E-state index in [1.165, 1.54) is 5.56 Å². The minimum absolute atomic E-state index is 0.111. The van der Waals surface area contributed by atoms with Gasteiger partial charge < -0.3 is 20.2 Å². The first-order valence-electron chi connectivity index (χ1n) is 10.4. The molecule has 2 aliphatic heterocycles. The van der Waals surface area contributed by atoms with Crippen molar-refractivity contribution in [2.24, 2.45) is 10.9 Å². The Morgan fingerprint density at radius 2 is 1.93 bits per heavy atom. The SMILES string of the molecule is NC(=NOCC(=O)N1CCCc2ccccc21)c1cccc(CN2CCOCC2)c1. The van der Waals surface area contributed by atoms with E-state index in [2.05, 4.69) is 22.2 Å². The Labute approximate surface area is 177 Å². The predicted octanol–water partition coefficient (Wildman–Crippen LogP) is 2.14. The molecule has 0 unspecified atom stereocenters. The molecule has 158 valence electrons. The summed E-state index contributed by atoms with van der Waals surface area (Å²) in [6.45, 7) is 4.80. The quantitative estimate of drug-likeness (QED) is 0.450. The van der Waals surface area contributed by atoms with E-state index in [-0.39, 0.29) is 18.3 Å². The van der Waals surface area contributed by atoms with Crippen LogP contribution < -0.4 is 10.6 Å². The second-order valence-corrected chi connectivity index (χ2v) is 7.62. The number of benzene rings is 2. The van der Waals surface area contributed by atoms with Crippen molar-refractivity contribution < 1.29 is 14.4 Å². The van der Waals surface area contributed by atoms with E-state index in [1.54, 1.807) is 4.90 Å². The third kappa shape index (κ3) is 4.98. The van der Waals surface area contributed by atoms with Gasteiger partial charge in [-0.2, -0.15) is 0 Å². The molecule has 0 aromatic heterocycles. The predicted molar refractivity (Wildman–Crippen MR) is 116 cm³/mol. The smallest absolute Gasteiger partial charge is 0.267 e. The summed E-state index contributed by atoms with van der Waals surface area (Å²) in [6.07, 6.45) is 1.94. The van der Waals surface area contributed by atoms with Gasteiger partial charge in [0.25, 0.3) is 5.91 Å². The van der Waals surface area contributed by atoms with E-state index in [0.717, 1.165) is 62.5 Å². The summed E-state index contributed by atoms with van der Waals surface area (Å²) < 4.78 is 5.40. The van der Waals surface area contributed by atoms with Gasteiger partial charge in [0.05, 0.1) is 13.2 Å². The largest absolute Gasteiger partial charge is 0.384 e. The van der Waals surface area contributed by atoms with Crippen molar-refractivity contribution in [2.75, 3.05) is 44.4 Å². The average Bonchev–Trinajstić information content (AvgIpc) is 2.79. The Morgan fingerprint density at radius 3 is 2.80 bits per heavy atom. The van der Waals surface area contributed by atoms with E-state index in [9.17, 15) is 4.79 Å². The van der Waals surface area contributed by atoms with Crippen molar-refractivity contribution in [3.05, 3.63) is 65.2 Å². The molecule has 0 atom stereocenters. The molecule has 1 saturated heterocycles. The van der Waals surface area contributed by atoms with Crippen molar-refractivity contribution in [3.63, 3.8) is 0 Å². The summed E-state index contributed by atoms with van der Waals surface area (Å²) in [4.78, 5) is 22.1. The number of morpholine rings is 1. The topological polar surface area (TPSA) is 80.4 Å². The van der Waals surface area contributed by atoms with Crippen molar-refractivity contribution >= 4 is 17.4 Å². The van der Waals surface area contributed by atoms with Crippen LogP contribution >= 0.6 is 0 Å². The number of amidine groups is 1. The van der Waals surface area contributed by atoms with Gasteiger partial charge in [-0.25, -0.2) is 0 Å². The van der Waals surface area contributed by atoms with Crippen molar-refractivity contribution in [2.45, 2.75) is 19.4 Å². The molecular weight excluding hydrogens is 380 g/mol. The van der Waals surface area contributed by atoms with Crippen LogP contribution in [0.4, 0.5) is 5.69 Å². The molecule has 0 saturated carbocycles. The van der Waals surface area contributed by atoms with E-state index in [1.807, 2.05) is 36.4 Å². The fourth-order valence-electron chi connectivity index (χ4n) is 3.93. The van der Waals surface area contributed by atoms with Gasteiger partial charge in [-0.1, -0.05) is 41.6 Å². The van der Waals surface area contributed by atoms with Gasteiger partial charge in [0.15, 0.2) is 12.4 Å². The number of hydrogen-bond acceptors (Lipinski definition) is 5. The highest BCUT2D eigenvalue weighted by Crippen LogP contribution is 2.26. The van der Waals surface area contributed by atoms with Gasteiger partial charge in [-0.15, -0.1) is 0 Å². The number of carbonyl (C=O) groups is 1. The zero-order chi connectivity index (χ0) is 20.8. The maximum atomic E-state index is 12.6. The third-order valence-corrected chi connectivity index (χ3v) is 5.49. The minimum Gasteiger partial charge on any atom is -0.384 e. The summed E-state index contributed by atoms with van der Waals surface area (Å²) in [6, 6.07) is 15.9. The van der Waals surface area contributed by atoms with Gasteiger partial charge in [0, 0.05) is 37.4 Å². The van der Waals surface area contributed by atoms with Gasteiger partial charge >= 0.3 is 0 Å². The number of nitrogens with two attached hydrogens (primary N) is 1. The van der Waals surface area contributed by atoms with Gasteiger partial charge in [0.1, 0.15) is 0 Å². The lowest BCUT2D eigenvalue weighted by Crippen LogP contribution is -2.37. The van der Waals surface area contributed by atoms with Crippen LogP contribution in [0.2, 0.25) is 0 Å². The van der Waals surface area contributed by atoms with Crippen LogP contribution in [0.3, 0.4) is 0 Å². The van der Waals surface area contributed by atoms with Gasteiger partial charge in [-0.05, 0) is 36.1 Å². The molecule has 4 rings (SSSR count). The maximum absolute atomic E-state index is 12.6. The Balaban J connectivity index is 1.34. The van der Waals surface area contributed by atoms with Crippen LogP contribution in [0.15, 0.2) is 53.7 Å². The molecule has 7 heteroatoms. The Kier molecular flexibility index (Phi) is 6.61. The Morgan fingerprint density at radius 1 is 1.10 bits per heavy atom. The summed E-state index contributed by atoms with van der Waals surface area (Å²) in [5, 5.41) is 3.99. The van der Waals surface area contributed by atoms with E-state index in [0.29, 0.717) is 6.54 Å². The highest BCUT2D eigenvalue weighted by atomic mass is 16.6. The minimum atomic E-state index is -0.136. The van der Waals surface area contributed by atoms with Gasteiger partial charge in [-0.3, -0.25) is 9.69 Å². The molecule has 1 amide bonds. The lowest BCUT2D eigenvalue weighted by Gasteiger charge is -2.29. The number of hydrogen-bond donors (Lipinski definition) is 1.